The summed E-state index contributed by atoms with van der Waals surface area (Å²) in [5.41, 5.74) is 9.36. The Bertz CT molecular complexity index is 1410. The van der Waals surface area contributed by atoms with Crippen molar-refractivity contribution >= 4 is 11.7 Å². The number of aryl methyl sites for hydroxylation is 1. The van der Waals surface area contributed by atoms with E-state index in [1.54, 1.807) is 0 Å². The van der Waals surface area contributed by atoms with Crippen molar-refractivity contribution in [1.29, 1.82) is 0 Å². The Balaban J connectivity index is 1.63. The molecule has 0 radical (unpaired) electrons. The molecule has 0 saturated heterocycles. The number of anilines is 1. The Labute approximate surface area is 211 Å². The van der Waals surface area contributed by atoms with Gasteiger partial charge in [0.1, 0.15) is 17.1 Å². The summed E-state index contributed by atoms with van der Waals surface area (Å²) in [5, 5.41) is 4.58. The van der Waals surface area contributed by atoms with Crippen LogP contribution >= 0.6 is 0 Å². The lowest BCUT2D eigenvalue weighted by molar-refractivity contribution is 0.482. The maximum absolute atomic E-state index is 6.42. The van der Waals surface area contributed by atoms with Gasteiger partial charge in [-0.3, -0.25) is 0 Å². The first-order valence-electron chi connectivity index (χ1n) is 11.8. The van der Waals surface area contributed by atoms with E-state index in [9.17, 15) is 0 Å². The van der Waals surface area contributed by atoms with Crippen LogP contribution in [0.5, 0.6) is 11.5 Å². The molecule has 1 heterocycles. The zero-order valence-electron chi connectivity index (χ0n) is 20.2. The summed E-state index contributed by atoms with van der Waals surface area (Å²) in [4.78, 5) is 9.70. The zero-order chi connectivity index (χ0) is 24.7. The van der Waals surface area contributed by atoms with Crippen molar-refractivity contribution in [2.24, 2.45) is 5.10 Å². The standard InChI is InChI=1S/C31H26N4O/c1-22-18-20-24(21-19-22)23(2)34-35-31-32-28(25-12-6-3-7-13-25)30(36-27-16-10-5-11-17-27)29(33-31)26-14-8-4-9-15-26/h3-21H,1-2H3,(H,32,33,35). The summed E-state index contributed by atoms with van der Waals surface area (Å²) in [7, 11) is 0. The van der Waals surface area contributed by atoms with E-state index in [4.69, 9.17) is 14.7 Å². The Morgan fingerprint density at radius 1 is 0.667 bits per heavy atom. The van der Waals surface area contributed by atoms with Gasteiger partial charge in [0, 0.05) is 11.1 Å². The van der Waals surface area contributed by atoms with E-state index in [0.717, 1.165) is 22.4 Å². The van der Waals surface area contributed by atoms with Crippen molar-refractivity contribution in [3.05, 3.63) is 126 Å². The molecule has 176 valence electrons. The molecule has 0 atom stereocenters. The lowest BCUT2D eigenvalue weighted by Gasteiger charge is -2.16. The first kappa shape index (κ1) is 23.0. The van der Waals surface area contributed by atoms with Crippen LogP contribution in [0.4, 0.5) is 5.95 Å². The fourth-order valence-electron chi connectivity index (χ4n) is 3.78. The molecule has 0 aliphatic carbocycles. The monoisotopic (exact) mass is 470 g/mol. The number of hydrazone groups is 1. The van der Waals surface area contributed by atoms with Crippen LogP contribution in [0.25, 0.3) is 22.5 Å². The normalized spacial score (nSPS) is 11.2. The molecule has 5 aromatic rings. The average Bonchev–Trinajstić information content (AvgIpc) is 2.94. The Kier molecular flexibility index (Phi) is 6.81. The number of benzene rings is 4. The van der Waals surface area contributed by atoms with Crippen LogP contribution in [0.1, 0.15) is 18.1 Å². The van der Waals surface area contributed by atoms with Crippen LogP contribution in [0.3, 0.4) is 0 Å². The highest BCUT2D eigenvalue weighted by Gasteiger charge is 2.20. The molecule has 0 bridgehead atoms. The van der Waals surface area contributed by atoms with E-state index in [2.05, 4.69) is 41.7 Å². The van der Waals surface area contributed by atoms with Crippen LogP contribution < -0.4 is 10.2 Å². The molecule has 5 rings (SSSR count). The molecule has 0 saturated carbocycles. The summed E-state index contributed by atoms with van der Waals surface area (Å²) in [5.74, 6) is 1.69. The molecular weight excluding hydrogens is 444 g/mol. The highest BCUT2D eigenvalue weighted by Crippen LogP contribution is 2.40. The number of para-hydroxylation sites is 1. The highest BCUT2D eigenvalue weighted by atomic mass is 16.5. The van der Waals surface area contributed by atoms with E-state index < -0.39 is 0 Å². The fraction of sp³-hybridized carbons (Fsp3) is 0.0645. The maximum atomic E-state index is 6.42. The second-order valence-corrected chi connectivity index (χ2v) is 8.40. The van der Waals surface area contributed by atoms with Crippen molar-refractivity contribution in [1.82, 2.24) is 9.97 Å². The van der Waals surface area contributed by atoms with Gasteiger partial charge in [0.15, 0.2) is 5.75 Å². The summed E-state index contributed by atoms with van der Waals surface area (Å²) in [6, 6.07) is 37.9. The molecule has 0 aliphatic heterocycles. The van der Waals surface area contributed by atoms with Crippen LogP contribution in [0.2, 0.25) is 0 Å². The number of hydrogen-bond acceptors (Lipinski definition) is 5. The van der Waals surface area contributed by atoms with Gasteiger partial charge in [-0.2, -0.15) is 5.10 Å². The van der Waals surface area contributed by atoms with Gasteiger partial charge in [0.05, 0.1) is 5.71 Å². The van der Waals surface area contributed by atoms with Gasteiger partial charge >= 0.3 is 0 Å². The third-order valence-electron chi connectivity index (χ3n) is 5.72. The van der Waals surface area contributed by atoms with Crippen molar-refractivity contribution in [3.8, 4) is 34.0 Å². The number of nitrogens with zero attached hydrogens (tertiary/aromatic N) is 3. The smallest absolute Gasteiger partial charge is 0.244 e. The van der Waals surface area contributed by atoms with Gasteiger partial charge < -0.3 is 4.74 Å². The molecule has 1 N–H and O–H groups in total. The van der Waals surface area contributed by atoms with Crippen molar-refractivity contribution in [3.63, 3.8) is 0 Å². The molecule has 5 nitrogen and oxygen atoms in total. The quantitative estimate of drug-likeness (QED) is 0.195. The number of hydrogen-bond donors (Lipinski definition) is 1. The largest absolute Gasteiger partial charge is 0.453 e. The lowest BCUT2D eigenvalue weighted by atomic mass is 10.1. The first-order chi connectivity index (χ1) is 17.7. The highest BCUT2D eigenvalue weighted by molar-refractivity contribution is 5.99. The number of nitrogens with one attached hydrogen (secondary N) is 1. The number of rotatable bonds is 7. The van der Waals surface area contributed by atoms with Gasteiger partial charge in [0.25, 0.3) is 0 Å². The molecule has 36 heavy (non-hydrogen) atoms. The van der Waals surface area contributed by atoms with E-state index in [0.29, 0.717) is 28.8 Å². The van der Waals surface area contributed by atoms with Crippen molar-refractivity contribution < 1.29 is 4.74 Å². The second kappa shape index (κ2) is 10.7. The van der Waals surface area contributed by atoms with E-state index in [-0.39, 0.29) is 0 Å². The summed E-state index contributed by atoms with van der Waals surface area (Å²) in [6.07, 6.45) is 0. The molecule has 0 aliphatic rings. The Morgan fingerprint density at radius 2 is 1.17 bits per heavy atom. The summed E-state index contributed by atoms with van der Waals surface area (Å²) < 4.78 is 6.42. The summed E-state index contributed by atoms with van der Waals surface area (Å²) in [6.45, 7) is 4.03. The maximum Gasteiger partial charge on any atom is 0.244 e. The number of ether oxygens (including phenoxy) is 1. The minimum Gasteiger partial charge on any atom is -0.453 e. The van der Waals surface area contributed by atoms with Crippen LogP contribution in [0.15, 0.2) is 120 Å². The molecule has 1 aromatic heterocycles. The van der Waals surface area contributed by atoms with Crippen molar-refractivity contribution in [2.45, 2.75) is 13.8 Å². The zero-order valence-corrected chi connectivity index (χ0v) is 20.2. The van der Waals surface area contributed by atoms with E-state index in [1.807, 2.05) is 97.9 Å². The van der Waals surface area contributed by atoms with Crippen LogP contribution in [0, 0.1) is 6.92 Å². The fourth-order valence-corrected chi connectivity index (χ4v) is 3.78. The van der Waals surface area contributed by atoms with Gasteiger partial charge in [-0.1, -0.05) is 109 Å². The van der Waals surface area contributed by atoms with Gasteiger partial charge in [-0.05, 0) is 31.5 Å². The Morgan fingerprint density at radius 3 is 1.69 bits per heavy atom. The van der Waals surface area contributed by atoms with E-state index >= 15 is 0 Å². The summed E-state index contributed by atoms with van der Waals surface area (Å²) >= 11 is 0. The molecular formula is C31H26N4O. The van der Waals surface area contributed by atoms with Crippen LogP contribution in [-0.4, -0.2) is 15.7 Å². The first-order valence-corrected chi connectivity index (χ1v) is 11.8. The van der Waals surface area contributed by atoms with E-state index in [1.165, 1.54) is 5.56 Å². The van der Waals surface area contributed by atoms with Crippen molar-refractivity contribution in [2.75, 3.05) is 5.43 Å². The second-order valence-electron chi connectivity index (χ2n) is 8.40. The van der Waals surface area contributed by atoms with Crippen LogP contribution in [-0.2, 0) is 0 Å². The molecule has 0 amide bonds. The number of aromatic nitrogens is 2. The molecule has 0 fully saturated rings. The Hall–Kier alpha value is -4.77. The predicted octanol–water partition coefficient (Wildman–Crippen LogP) is 7.75. The van der Waals surface area contributed by atoms with Gasteiger partial charge in [0.2, 0.25) is 5.95 Å². The average molecular weight is 471 g/mol. The molecule has 5 heteroatoms. The minimum atomic E-state index is 0.388. The third kappa shape index (κ3) is 5.31. The molecule has 0 unspecified atom stereocenters. The molecule has 0 spiro atoms. The minimum absolute atomic E-state index is 0.388. The molecule has 4 aromatic carbocycles. The topological polar surface area (TPSA) is 59.4 Å². The predicted molar refractivity (Wildman–Crippen MR) is 146 cm³/mol. The van der Waals surface area contributed by atoms with Gasteiger partial charge in [-0.25, -0.2) is 15.4 Å². The third-order valence-corrected chi connectivity index (χ3v) is 5.72. The lowest BCUT2D eigenvalue weighted by Crippen LogP contribution is -2.06. The van der Waals surface area contributed by atoms with Gasteiger partial charge in [-0.15, -0.1) is 0 Å². The SMILES string of the molecule is CC(=NNc1nc(-c2ccccc2)c(Oc2ccccc2)c(-c2ccccc2)n1)c1ccc(C)cc1.